The molecule has 2 N–H and O–H groups in total. The van der Waals surface area contributed by atoms with Crippen molar-refractivity contribution in [2.75, 3.05) is 5.73 Å². The third kappa shape index (κ3) is 1.23. The van der Waals surface area contributed by atoms with E-state index in [4.69, 9.17) is 17.3 Å². The van der Waals surface area contributed by atoms with Gasteiger partial charge in [0, 0.05) is 0 Å². The summed E-state index contributed by atoms with van der Waals surface area (Å²) in [7, 11) is 0. The van der Waals surface area contributed by atoms with E-state index in [-0.39, 0.29) is 0 Å². The number of nitrogens with two attached hydrogens (primary N) is 1. The third-order valence-corrected chi connectivity index (χ3v) is 2.09. The van der Waals surface area contributed by atoms with Crippen LogP contribution < -0.4 is 5.73 Å². The lowest BCUT2D eigenvalue weighted by molar-refractivity contribution is 1.42. The van der Waals surface area contributed by atoms with Gasteiger partial charge in [-0.1, -0.05) is 29.5 Å². The molecule has 48 valence electrons. The zero-order valence-corrected chi connectivity index (χ0v) is 6.17. The summed E-state index contributed by atoms with van der Waals surface area (Å²) in [5, 5.41) is 0.919. The second-order valence-electron chi connectivity index (χ2n) is 1.41. The predicted molar refractivity (Wildman–Crippen MR) is 41.6 cm³/mol. The van der Waals surface area contributed by atoms with Gasteiger partial charge in [0.1, 0.15) is 5.15 Å². The average Bonchev–Trinajstić information content (AvgIpc) is 2.10. The smallest absolute Gasteiger partial charge is 0.182 e. The standard InChI is InChI=1S/C5H5ClN2S/c1-2-3-4(6)8-5(7)9-3/h2H,1H2,(H2,7,8). The van der Waals surface area contributed by atoms with Gasteiger partial charge < -0.3 is 5.73 Å². The Morgan fingerprint density at radius 1 is 1.78 bits per heavy atom. The molecule has 1 aromatic heterocycles. The molecule has 1 rings (SSSR count). The monoisotopic (exact) mass is 160 g/mol. The lowest BCUT2D eigenvalue weighted by atomic mass is 10.5. The zero-order valence-electron chi connectivity index (χ0n) is 4.60. The molecule has 0 saturated heterocycles. The molecule has 2 nitrogen and oxygen atoms in total. The van der Waals surface area contributed by atoms with Crippen molar-refractivity contribution in [3.8, 4) is 0 Å². The molecule has 0 fully saturated rings. The fourth-order valence-corrected chi connectivity index (χ4v) is 1.36. The number of halogens is 1. The zero-order chi connectivity index (χ0) is 6.85. The molecule has 0 unspecified atom stereocenters. The van der Waals surface area contributed by atoms with Gasteiger partial charge in [0.2, 0.25) is 0 Å². The van der Waals surface area contributed by atoms with Crippen molar-refractivity contribution in [2.24, 2.45) is 0 Å². The van der Waals surface area contributed by atoms with Crippen molar-refractivity contribution < 1.29 is 0 Å². The molecular weight excluding hydrogens is 156 g/mol. The highest BCUT2D eigenvalue weighted by Crippen LogP contribution is 2.24. The van der Waals surface area contributed by atoms with Crippen LogP contribution in [0.15, 0.2) is 6.58 Å². The Bertz CT molecular complexity index is 231. The van der Waals surface area contributed by atoms with Gasteiger partial charge in [-0.15, -0.1) is 0 Å². The predicted octanol–water partition coefficient (Wildman–Crippen LogP) is 2.02. The van der Waals surface area contributed by atoms with Crippen molar-refractivity contribution in [1.29, 1.82) is 0 Å². The maximum Gasteiger partial charge on any atom is 0.182 e. The summed E-state index contributed by atoms with van der Waals surface area (Å²) in [4.78, 5) is 4.60. The first-order valence-electron chi connectivity index (χ1n) is 2.28. The van der Waals surface area contributed by atoms with Gasteiger partial charge >= 0.3 is 0 Å². The van der Waals surface area contributed by atoms with Crippen LogP contribution in [0.4, 0.5) is 5.13 Å². The molecular formula is C5H5ClN2S. The highest BCUT2D eigenvalue weighted by Gasteiger charge is 2.00. The van der Waals surface area contributed by atoms with Crippen LogP contribution in [0.25, 0.3) is 6.08 Å². The van der Waals surface area contributed by atoms with Crippen LogP contribution in [0.5, 0.6) is 0 Å². The summed E-state index contributed by atoms with van der Waals surface area (Å²) in [6.07, 6.45) is 1.64. The summed E-state index contributed by atoms with van der Waals surface area (Å²) in [5.41, 5.74) is 5.33. The van der Waals surface area contributed by atoms with E-state index in [9.17, 15) is 0 Å². The van der Waals surface area contributed by atoms with Crippen molar-refractivity contribution >= 4 is 34.1 Å². The maximum atomic E-state index is 5.59. The van der Waals surface area contributed by atoms with Crippen molar-refractivity contribution in [3.63, 3.8) is 0 Å². The molecule has 9 heavy (non-hydrogen) atoms. The average molecular weight is 161 g/mol. The number of aromatic nitrogens is 1. The molecule has 1 aromatic rings. The number of nitrogen functional groups attached to an aromatic ring is 1. The van der Waals surface area contributed by atoms with E-state index < -0.39 is 0 Å². The number of rotatable bonds is 1. The van der Waals surface area contributed by atoms with Gasteiger partial charge in [-0.05, 0) is 6.08 Å². The second-order valence-corrected chi connectivity index (χ2v) is 2.83. The van der Waals surface area contributed by atoms with Crippen LogP contribution in [0, 0.1) is 0 Å². The molecule has 0 aliphatic rings. The van der Waals surface area contributed by atoms with E-state index in [0.717, 1.165) is 4.88 Å². The fraction of sp³-hybridized carbons (Fsp3) is 0. The quantitative estimate of drug-likeness (QED) is 0.683. The largest absolute Gasteiger partial charge is 0.375 e. The Labute approximate surface area is 62.0 Å². The molecule has 0 radical (unpaired) electrons. The molecule has 1 heterocycles. The van der Waals surface area contributed by atoms with Crippen LogP contribution in [-0.4, -0.2) is 4.98 Å². The first-order chi connectivity index (χ1) is 4.24. The summed E-state index contributed by atoms with van der Waals surface area (Å²) < 4.78 is 0. The van der Waals surface area contributed by atoms with Gasteiger partial charge in [0.15, 0.2) is 5.13 Å². The molecule has 0 atom stereocenters. The maximum absolute atomic E-state index is 5.59. The Morgan fingerprint density at radius 2 is 2.44 bits per heavy atom. The molecule has 0 saturated carbocycles. The summed E-state index contributed by atoms with van der Waals surface area (Å²) in [6.45, 7) is 3.54. The number of thiazole rings is 1. The number of hydrogen-bond donors (Lipinski definition) is 1. The molecule has 0 amide bonds. The van der Waals surface area contributed by atoms with Gasteiger partial charge in [0.25, 0.3) is 0 Å². The highest BCUT2D eigenvalue weighted by molar-refractivity contribution is 7.16. The number of nitrogens with zero attached hydrogens (tertiary/aromatic N) is 1. The molecule has 0 bridgehead atoms. The van der Waals surface area contributed by atoms with Crippen molar-refractivity contribution in [2.45, 2.75) is 0 Å². The minimum atomic E-state index is 0.438. The summed E-state index contributed by atoms with van der Waals surface area (Å²) >= 11 is 6.92. The highest BCUT2D eigenvalue weighted by atomic mass is 35.5. The molecule has 0 aliphatic heterocycles. The van der Waals surface area contributed by atoms with E-state index in [1.807, 2.05) is 0 Å². The normalized spacial score (nSPS) is 9.44. The van der Waals surface area contributed by atoms with Crippen LogP contribution in [-0.2, 0) is 0 Å². The Balaban J connectivity index is 3.15. The van der Waals surface area contributed by atoms with E-state index >= 15 is 0 Å². The Kier molecular flexibility index (Phi) is 1.73. The van der Waals surface area contributed by atoms with E-state index in [0.29, 0.717) is 10.3 Å². The first kappa shape index (κ1) is 6.58. The van der Waals surface area contributed by atoms with Gasteiger partial charge in [-0.25, -0.2) is 4.98 Å². The van der Waals surface area contributed by atoms with Crippen LogP contribution >= 0.6 is 22.9 Å². The third-order valence-electron chi connectivity index (χ3n) is 0.812. The second kappa shape index (κ2) is 2.37. The summed E-state index contributed by atoms with van der Waals surface area (Å²) in [5.74, 6) is 0. The Hall–Kier alpha value is -0.540. The molecule has 4 heteroatoms. The van der Waals surface area contributed by atoms with E-state index in [2.05, 4.69) is 11.6 Å². The minimum Gasteiger partial charge on any atom is -0.375 e. The topological polar surface area (TPSA) is 38.9 Å². The SMILES string of the molecule is C=Cc1sc(N)nc1Cl. The lowest BCUT2D eigenvalue weighted by Crippen LogP contribution is -1.78. The first-order valence-corrected chi connectivity index (χ1v) is 3.47. The number of hydrogen-bond acceptors (Lipinski definition) is 3. The Morgan fingerprint density at radius 3 is 2.67 bits per heavy atom. The van der Waals surface area contributed by atoms with Gasteiger partial charge in [-0.2, -0.15) is 0 Å². The van der Waals surface area contributed by atoms with Crippen LogP contribution in [0.1, 0.15) is 4.88 Å². The molecule has 0 aliphatic carbocycles. The van der Waals surface area contributed by atoms with Gasteiger partial charge in [0.05, 0.1) is 4.88 Å². The van der Waals surface area contributed by atoms with E-state index in [1.165, 1.54) is 11.3 Å². The van der Waals surface area contributed by atoms with Crippen molar-refractivity contribution in [3.05, 3.63) is 16.6 Å². The van der Waals surface area contributed by atoms with Crippen LogP contribution in [0.2, 0.25) is 5.15 Å². The molecule has 0 aromatic carbocycles. The van der Waals surface area contributed by atoms with Crippen LogP contribution in [0.3, 0.4) is 0 Å². The fourth-order valence-electron chi connectivity index (χ4n) is 0.455. The van der Waals surface area contributed by atoms with E-state index in [1.54, 1.807) is 6.08 Å². The van der Waals surface area contributed by atoms with Crippen molar-refractivity contribution in [1.82, 2.24) is 4.98 Å². The minimum absolute atomic E-state index is 0.438. The molecule has 0 spiro atoms. The lowest BCUT2D eigenvalue weighted by Gasteiger charge is -1.77. The van der Waals surface area contributed by atoms with Gasteiger partial charge in [-0.3, -0.25) is 0 Å². The summed E-state index contributed by atoms with van der Waals surface area (Å²) in [6, 6.07) is 0. The number of anilines is 1.